The van der Waals surface area contributed by atoms with Crippen molar-refractivity contribution >= 4 is 5.82 Å². The van der Waals surface area contributed by atoms with Crippen molar-refractivity contribution in [2.24, 2.45) is 5.73 Å². The molecule has 0 spiro atoms. The van der Waals surface area contributed by atoms with Crippen LogP contribution in [0, 0.1) is 0 Å². The minimum atomic E-state index is 0.0586. The third kappa shape index (κ3) is 2.45. The second-order valence-electron chi connectivity index (χ2n) is 4.10. The Balaban J connectivity index is 2.79. The summed E-state index contributed by atoms with van der Waals surface area (Å²) in [4.78, 5) is 6.48. The second kappa shape index (κ2) is 4.42. The quantitative estimate of drug-likeness (QED) is 0.790. The fraction of sp³-hybridized carbons (Fsp3) is 0.545. The van der Waals surface area contributed by atoms with E-state index in [9.17, 15) is 0 Å². The zero-order valence-corrected chi connectivity index (χ0v) is 9.20. The number of anilines is 1. The Kier molecular flexibility index (Phi) is 3.47. The highest BCUT2D eigenvalue weighted by Crippen LogP contribution is 2.21. The highest BCUT2D eigenvalue weighted by molar-refractivity contribution is 5.39. The van der Waals surface area contributed by atoms with E-state index in [0.717, 1.165) is 12.2 Å². The van der Waals surface area contributed by atoms with Crippen LogP contribution in [0.3, 0.4) is 0 Å². The predicted octanol–water partition coefficient (Wildman–Crippen LogP) is 1.65. The summed E-state index contributed by atoms with van der Waals surface area (Å²) in [5, 5.41) is 0. The topological polar surface area (TPSA) is 42.2 Å². The molecule has 0 fully saturated rings. The number of aromatic nitrogens is 1. The standard InChI is InChI=1S/C11H19N3/c1-11(2,7-8-12)14(3)10-6-4-5-9-13-10/h4-6,9H,7-8,12H2,1-3H3. The SMILES string of the molecule is CN(c1ccccn1)C(C)(C)CCN. The van der Waals surface area contributed by atoms with Gasteiger partial charge in [-0.1, -0.05) is 6.07 Å². The van der Waals surface area contributed by atoms with Gasteiger partial charge in [0.2, 0.25) is 0 Å². The molecule has 0 atom stereocenters. The molecular weight excluding hydrogens is 174 g/mol. The summed E-state index contributed by atoms with van der Waals surface area (Å²) < 4.78 is 0. The molecule has 1 rings (SSSR count). The minimum Gasteiger partial charge on any atom is -0.355 e. The van der Waals surface area contributed by atoms with Gasteiger partial charge >= 0.3 is 0 Å². The van der Waals surface area contributed by atoms with E-state index in [4.69, 9.17) is 5.73 Å². The largest absolute Gasteiger partial charge is 0.355 e. The number of nitrogens with two attached hydrogens (primary N) is 1. The van der Waals surface area contributed by atoms with Crippen molar-refractivity contribution in [2.75, 3.05) is 18.5 Å². The summed E-state index contributed by atoms with van der Waals surface area (Å²) in [6.07, 6.45) is 2.77. The van der Waals surface area contributed by atoms with E-state index in [1.54, 1.807) is 0 Å². The Morgan fingerprint density at radius 1 is 1.43 bits per heavy atom. The van der Waals surface area contributed by atoms with Crippen molar-refractivity contribution in [3.63, 3.8) is 0 Å². The maximum absolute atomic E-state index is 5.58. The summed E-state index contributed by atoms with van der Waals surface area (Å²) in [5.74, 6) is 0.992. The third-order valence-corrected chi connectivity index (χ3v) is 2.66. The van der Waals surface area contributed by atoms with Crippen molar-refractivity contribution in [3.8, 4) is 0 Å². The molecular formula is C11H19N3. The lowest BCUT2D eigenvalue weighted by atomic mass is 9.99. The molecule has 0 aromatic carbocycles. The van der Waals surface area contributed by atoms with Crippen molar-refractivity contribution < 1.29 is 0 Å². The van der Waals surface area contributed by atoms with Gasteiger partial charge in [0.1, 0.15) is 5.82 Å². The van der Waals surface area contributed by atoms with Gasteiger partial charge in [-0.2, -0.15) is 0 Å². The Labute approximate surface area is 85.9 Å². The fourth-order valence-corrected chi connectivity index (χ4v) is 1.38. The minimum absolute atomic E-state index is 0.0586. The van der Waals surface area contributed by atoms with Crippen LogP contribution in [-0.4, -0.2) is 24.1 Å². The Morgan fingerprint density at radius 3 is 2.64 bits per heavy atom. The molecule has 1 heterocycles. The molecule has 0 bridgehead atoms. The van der Waals surface area contributed by atoms with E-state index in [-0.39, 0.29) is 5.54 Å². The van der Waals surface area contributed by atoms with Crippen LogP contribution < -0.4 is 10.6 Å². The summed E-state index contributed by atoms with van der Waals surface area (Å²) in [6.45, 7) is 5.05. The summed E-state index contributed by atoms with van der Waals surface area (Å²) in [5.41, 5.74) is 5.64. The lowest BCUT2D eigenvalue weighted by molar-refractivity contribution is 0.453. The molecule has 3 heteroatoms. The summed E-state index contributed by atoms with van der Waals surface area (Å²) >= 11 is 0. The van der Waals surface area contributed by atoms with Gasteiger partial charge in [-0.3, -0.25) is 0 Å². The molecule has 0 saturated carbocycles. The lowest BCUT2D eigenvalue weighted by Crippen LogP contribution is -2.43. The Morgan fingerprint density at radius 2 is 2.14 bits per heavy atom. The van der Waals surface area contributed by atoms with Crippen LogP contribution in [0.5, 0.6) is 0 Å². The van der Waals surface area contributed by atoms with Gasteiger partial charge in [-0.15, -0.1) is 0 Å². The van der Waals surface area contributed by atoms with Crippen molar-refractivity contribution in [2.45, 2.75) is 25.8 Å². The molecule has 0 aliphatic rings. The molecule has 0 radical (unpaired) electrons. The molecule has 0 aliphatic heterocycles. The molecule has 0 unspecified atom stereocenters. The van der Waals surface area contributed by atoms with Crippen molar-refractivity contribution in [3.05, 3.63) is 24.4 Å². The number of rotatable bonds is 4. The first kappa shape index (κ1) is 11.0. The van der Waals surface area contributed by atoms with Crippen molar-refractivity contribution in [1.29, 1.82) is 0 Å². The molecule has 2 N–H and O–H groups in total. The first-order chi connectivity index (χ1) is 6.58. The van der Waals surface area contributed by atoms with Crippen LogP contribution in [0.25, 0.3) is 0 Å². The van der Waals surface area contributed by atoms with E-state index < -0.39 is 0 Å². The molecule has 1 aromatic rings. The first-order valence-corrected chi connectivity index (χ1v) is 4.93. The zero-order valence-electron chi connectivity index (χ0n) is 9.20. The van der Waals surface area contributed by atoms with E-state index in [2.05, 4.69) is 30.8 Å². The third-order valence-electron chi connectivity index (χ3n) is 2.66. The van der Waals surface area contributed by atoms with Crippen LogP contribution >= 0.6 is 0 Å². The Bertz CT molecular complexity index is 269. The maximum Gasteiger partial charge on any atom is 0.128 e. The van der Waals surface area contributed by atoms with Crippen LogP contribution in [0.15, 0.2) is 24.4 Å². The molecule has 0 aliphatic carbocycles. The van der Waals surface area contributed by atoms with Gasteiger partial charge in [0.05, 0.1) is 0 Å². The first-order valence-electron chi connectivity index (χ1n) is 4.93. The summed E-state index contributed by atoms with van der Waals surface area (Å²) in [7, 11) is 2.05. The average Bonchev–Trinajstić information content (AvgIpc) is 2.18. The molecule has 0 amide bonds. The van der Waals surface area contributed by atoms with Gasteiger partial charge in [0.15, 0.2) is 0 Å². The number of nitrogens with zero attached hydrogens (tertiary/aromatic N) is 2. The maximum atomic E-state index is 5.58. The zero-order chi connectivity index (χ0) is 10.6. The van der Waals surface area contributed by atoms with Gasteiger partial charge in [-0.05, 0) is 38.9 Å². The van der Waals surface area contributed by atoms with E-state index in [1.165, 1.54) is 0 Å². The number of hydrogen-bond donors (Lipinski definition) is 1. The van der Waals surface area contributed by atoms with Crippen LogP contribution in [-0.2, 0) is 0 Å². The number of hydrogen-bond acceptors (Lipinski definition) is 3. The molecule has 3 nitrogen and oxygen atoms in total. The second-order valence-corrected chi connectivity index (χ2v) is 4.10. The van der Waals surface area contributed by atoms with Crippen molar-refractivity contribution in [1.82, 2.24) is 4.98 Å². The lowest BCUT2D eigenvalue weighted by Gasteiger charge is -2.36. The highest BCUT2D eigenvalue weighted by Gasteiger charge is 2.23. The highest BCUT2D eigenvalue weighted by atomic mass is 15.2. The average molecular weight is 193 g/mol. The van der Waals surface area contributed by atoms with Crippen LogP contribution in [0.1, 0.15) is 20.3 Å². The molecule has 0 saturated heterocycles. The number of pyridine rings is 1. The van der Waals surface area contributed by atoms with Gasteiger partial charge in [-0.25, -0.2) is 4.98 Å². The van der Waals surface area contributed by atoms with E-state index in [1.807, 2.05) is 24.4 Å². The molecule has 78 valence electrons. The molecule has 1 aromatic heterocycles. The monoisotopic (exact) mass is 193 g/mol. The van der Waals surface area contributed by atoms with Gasteiger partial charge in [0, 0.05) is 18.8 Å². The van der Waals surface area contributed by atoms with Crippen LogP contribution in [0.4, 0.5) is 5.82 Å². The van der Waals surface area contributed by atoms with Crippen LogP contribution in [0.2, 0.25) is 0 Å². The van der Waals surface area contributed by atoms with Gasteiger partial charge < -0.3 is 10.6 Å². The predicted molar refractivity (Wildman–Crippen MR) is 60.4 cm³/mol. The molecule has 14 heavy (non-hydrogen) atoms. The summed E-state index contributed by atoms with van der Waals surface area (Å²) in [6, 6.07) is 5.93. The smallest absolute Gasteiger partial charge is 0.128 e. The van der Waals surface area contributed by atoms with Gasteiger partial charge in [0.25, 0.3) is 0 Å². The normalized spacial score (nSPS) is 11.4. The van der Waals surface area contributed by atoms with E-state index in [0.29, 0.717) is 6.54 Å². The van der Waals surface area contributed by atoms with E-state index >= 15 is 0 Å². The Hall–Kier alpha value is -1.09. The fourth-order valence-electron chi connectivity index (χ4n) is 1.38.